The van der Waals surface area contributed by atoms with E-state index in [1.165, 1.54) is 18.2 Å². The first-order valence-electron chi connectivity index (χ1n) is 10.8. The van der Waals surface area contributed by atoms with Gasteiger partial charge in [-0.25, -0.2) is 4.39 Å². The maximum absolute atomic E-state index is 14.2. The number of amides is 2. The van der Waals surface area contributed by atoms with Crippen molar-refractivity contribution in [2.45, 2.75) is 20.1 Å². The molecule has 10 heteroatoms. The van der Waals surface area contributed by atoms with Crippen LogP contribution in [0.3, 0.4) is 0 Å². The molecule has 5 nitrogen and oxygen atoms in total. The first-order chi connectivity index (χ1) is 17.3. The lowest BCUT2D eigenvalue weighted by atomic mass is 10.1. The SMILES string of the molecule is CCOc1cc(/C=C2\SC(=O)N(Cc3c(F)cccc3Cl)C2=O)ccc1OCc1c(Cl)cccc1Cl. The van der Waals surface area contributed by atoms with Crippen LogP contribution in [0.5, 0.6) is 11.5 Å². The van der Waals surface area contributed by atoms with Crippen LogP contribution in [0.2, 0.25) is 15.1 Å². The van der Waals surface area contributed by atoms with Gasteiger partial charge in [0.2, 0.25) is 0 Å². The van der Waals surface area contributed by atoms with E-state index < -0.39 is 17.0 Å². The predicted molar refractivity (Wildman–Crippen MR) is 141 cm³/mol. The molecule has 0 bridgehead atoms. The van der Waals surface area contributed by atoms with Crippen molar-refractivity contribution < 1.29 is 23.5 Å². The highest BCUT2D eigenvalue weighted by molar-refractivity contribution is 8.18. The largest absolute Gasteiger partial charge is 0.490 e. The minimum Gasteiger partial charge on any atom is -0.490 e. The Morgan fingerprint density at radius 2 is 1.58 bits per heavy atom. The van der Waals surface area contributed by atoms with Gasteiger partial charge < -0.3 is 9.47 Å². The summed E-state index contributed by atoms with van der Waals surface area (Å²) in [5.41, 5.74) is 1.36. The molecule has 1 fully saturated rings. The summed E-state index contributed by atoms with van der Waals surface area (Å²) in [6, 6.07) is 14.5. The highest BCUT2D eigenvalue weighted by Gasteiger charge is 2.36. The van der Waals surface area contributed by atoms with Gasteiger partial charge in [0.15, 0.2) is 11.5 Å². The number of carbonyl (C=O) groups is 2. The molecule has 0 unspecified atom stereocenters. The number of nitrogens with zero attached hydrogens (tertiary/aromatic N) is 1. The van der Waals surface area contributed by atoms with Gasteiger partial charge in [0.25, 0.3) is 11.1 Å². The fourth-order valence-corrected chi connectivity index (χ4v) is 5.02. The van der Waals surface area contributed by atoms with Gasteiger partial charge in [-0.15, -0.1) is 0 Å². The Balaban J connectivity index is 1.54. The Hall–Kier alpha value is -2.71. The Bertz CT molecular complexity index is 1320. The van der Waals surface area contributed by atoms with Crippen molar-refractivity contribution in [3.63, 3.8) is 0 Å². The second kappa shape index (κ2) is 11.6. The fraction of sp³-hybridized carbons (Fsp3) is 0.154. The van der Waals surface area contributed by atoms with E-state index in [9.17, 15) is 14.0 Å². The van der Waals surface area contributed by atoms with Gasteiger partial charge in [-0.3, -0.25) is 14.5 Å². The first-order valence-corrected chi connectivity index (χ1v) is 12.7. The summed E-state index contributed by atoms with van der Waals surface area (Å²) in [6.07, 6.45) is 1.57. The molecule has 0 spiro atoms. The average molecular weight is 567 g/mol. The number of hydrogen-bond acceptors (Lipinski definition) is 5. The van der Waals surface area contributed by atoms with Crippen LogP contribution in [-0.2, 0) is 17.9 Å². The zero-order chi connectivity index (χ0) is 25.8. The molecule has 0 atom stereocenters. The van der Waals surface area contributed by atoms with E-state index in [2.05, 4.69) is 0 Å². The Kier molecular flexibility index (Phi) is 8.46. The van der Waals surface area contributed by atoms with Crippen molar-refractivity contribution in [2.24, 2.45) is 0 Å². The molecular weight excluding hydrogens is 548 g/mol. The van der Waals surface area contributed by atoms with Crippen molar-refractivity contribution >= 4 is 63.8 Å². The lowest BCUT2D eigenvalue weighted by Crippen LogP contribution is -2.28. The monoisotopic (exact) mass is 565 g/mol. The lowest BCUT2D eigenvalue weighted by molar-refractivity contribution is -0.123. The van der Waals surface area contributed by atoms with E-state index in [-0.39, 0.29) is 28.6 Å². The molecule has 36 heavy (non-hydrogen) atoms. The normalized spacial score (nSPS) is 14.6. The molecule has 186 valence electrons. The Morgan fingerprint density at radius 1 is 0.917 bits per heavy atom. The second-order valence-electron chi connectivity index (χ2n) is 7.60. The summed E-state index contributed by atoms with van der Waals surface area (Å²) in [5, 5.41) is 0.620. The van der Waals surface area contributed by atoms with Crippen molar-refractivity contribution in [1.29, 1.82) is 0 Å². The predicted octanol–water partition coefficient (Wildman–Crippen LogP) is 8.00. The van der Waals surface area contributed by atoms with Gasteiger partial charge in [-0.1, -0.05) is 53.0 Å². The molecule has 0 radical (unpaired) electrons. The van der Waals surface area contributed by atoms with Crippen molar-refractivity contribution in [3.8, 4) is 11.5 Å². The highest BCUT2D eigenvalue weighted by atomic mass is 35.5. The topological polar surface area (TPSA) is 55.8 Å². The fourth-order valence-electron chi connectivity index (χ4n) is 3.45. The standard InChI is InChI=1S/C26H19Cl3FNO4S/c1-2-34-23-11-15(9-10-22(23)35-14-17-19(28)5-3-6-20(17)29)12-24-25(32)31(26(33)36-24)13-16-18(27)7-4-8-21(16)30/h3-12H,2,13-14H2,1H3/b24-12-. The van der Waals surface area contributed by atoms with E-state index in [1.807, 2.05) is 6.92 Å². The molecule has 1 aliphatic rings. The minimum absolute atomic E-state index is 0.0847. The number of benzene rings is 3. The second-order valence-corrected chi connectivity index (χ2v) is 9.81. The van der Waals surface area contributed by atoms with E-state index in [0.717, 1.165) is 16.7 Å². The van der Waals surface area contributed by atoms with E-state index >= 15 is 0 Å². The number of rotatable bonds is 8. The van der Waals surface area contributed by atoms with Gasteiger partial charge in [0, 0.05) is 26.2 Å². The number of halogens is 4. The number of hydrogen-bond donors (Lipinski definition) is 0. The average Bonchev–Trinajstić information content (AvgIpc) is 3.09. The molecule has 1 saturated heterocycles. The Morgan fingerprint density at radius 3 is 2.25 bits per heavy atom. The van der Waals surface area contributed by atoms with Gasteiger partial charge in [-0.2, -0.15) is 0 Å². The summed E-state index contributed by atoms with van der Waals surface area (Å²) in [7, 11) is 0. The van der Waals surface area contributed by atoms with Crippen LogP contribution in [0.4, 0.5) is 9.18 Å². The molecule has 1 heterocycles. The first kappa shape index (κ1) is 26.4. The van der Waals surface area contributed by atoms with E-state index in [1.54, 1.807) is 42.5 Å². The third-order valence-electron chi connectivity index (χ3n) is 5.25. The summed E-state index contributed by atoms with van der Waals surface area (Å²) in [6.45, 7) is 2.09. The molecule has 0 aliphatic carbocycles. The number of imide groups is 1. The third-order valence-corrected chi connectivity index (χ3v) is 7.22. The molecule has 3 aromatic carbocycles. The maximum atomic E-state index is 14.2. The molecule has 0 saturated carbocycles. The van der Waals surface area contributed by atoms with Gasteiger partial charge >= 0.3 is 0 Å². The maximum Gasteiger partial charge on any atom is 0.293 e. The van der Waals surface area contributed by atoms with Crippen LogP contribution < -0.4 is 9.47 Å². The van der Waals surface area contributed by atoms with E-state index in [0.29, 0.717) is 39.3 Å². The number of ether oxygens (including phenoxy) is 2. The minimum atomic E-state index is -0.583. The van der Waals surface area contributed by atoms with Gasteiger partial charge in [0.05, 0.1) is 18.1 Å². The van der Waals surface area contributed by atoms with Crippen LogP contribution in [0, 0.1) is 5.82 Å². The molecule has 0 N–H and O–H groups in total. The molecule has 4 rings (SSSR count). The number of thioether (sulfide) groups is 1. The third kappa shape index (κ3) is 5.81. The summed E-state index contributed by atoms with van der Waals surface area (Å²) < 4.78 is 25.8. The van der Waals surface area contributed by atoms with Crippen LogP contribution in [0.15, 0.2) is 59.5 Å². The Labute approximate surface area is 226 Å². The lowest BCUT2D eigenvalue weighted by Gasteiger charge is -2.14. The van der Waals surface area contributed by atoms with Crippen LogP contribution >= 0.6 is 46.6 Å². The molecule has 3 aromatic rings. The molecular formula is C26H19Cl3FNO4S. The zero-order valence-electron chi connectivity index (χ0n) is 18.9. The molecule has 2 amide bonds. The smallest absolute Gasteiger partial charge is 0.293 e. The van der Waals surface area contributed by atoms with Crippen molar-refractivity contribution in [3.05, 3.63) is 97.1 Å². The van der Waals surface area contributed by atoms with Crippen LogP contribution in [0.25, 0.3) is 6.08 Å². The van der Waals surface area contributed by atoms with E-state index in [4.69, 9.17) is 44.3 Å². The van der Waals surface area contributed by atoms with Crippen LogP contribution in [-0.4, -0.2) is 22.7 Å². The zero-order valence-corrected chi connectivity index (χ0v) is 22.0. The van der Waals surface area contributed by atoms with Crippen LogP contribution in [0.1, 0.15) is 23.6 Å². The summed E-state index contributed by atoms with van der Waals surface area (Å²) >= 11 is 19.3. The van der Waals surface area contributed by atoms with Gasteiger partial charge in [0.1, 0.15) is 12.4 Å². The number of carbonyl (C=O) groups excluding carboxylic acids is 2. The highest BCUT2D eigenvalue weighted by Crippen LogP contribution is 2.37. The van der Waals surface area contributed by atoms with Gasteiger partial charge in [-0.05, 0) is 66.7 Å². The summed E-state index contributed by atoms with van der Waals surface area (Å²) in [5.74, 6) is -0.199. The summed E-state index contributed by atoms with van der Waals surface area (Å²) in [4.78, 5) is 26.6. The van der Waals surface area contributed by atoms with Crippen molar-refractivity contribution in [2.75, 3.05) is 6.61 Å². The van der Waals surface area contributed by atoms with Crippen molar-refractivity contribution in [1.82, 2.24) is 4.90 Å². The molecule has 1 aliphatic heterocycles. The quantitative estimate of drug-likeness (QED) is 0.259. The molecule has 0 aromatic heterocycles.